The highest BCUT2D eigenvalue weighted by molar-refractivity contribution is 5.91. The van der Waals surface area contributed by atoms with Crippen molar-refractivity contribution in [3.63, 3.8) is 0 Å². The summed E-state index contributed by atoms with van der Waals surface area (Å²) in [5.41, 5.74) is 0. The Morgan fingerprint density at radius 2 is 1.89 bits per heavy atom. The summed E-state index contributed by atoms with van der Waals surface area (Å²) in [4.78, 5) is 14.6. The summed E-state index contributed by atoms with van der Waals surface area (Å²) in [5.74, 6) is 2.97. The van der Waals surface area contributed by atoms with E-state index in [1.807, 2.05) is 36.2 Å². The van der Waals surface area contributed by atoms with Crippen molar-refractivity contribution in [2.24, 2.45) is 5.92 Å². The number of methoxy groups -OCH3 is 1. The first-order valence-electron chi connectivity index (χ1n) is 9.49. The fraction of sp³-hybridized carbons (Fsp3) is 0.476. The number of carbonyl (C=O) groups is 1. The number of hydrogen-bond donors (Lipinski definition) is 1. The second-order valence-corrected chi connectivity index (χ2v) is 6.83. The van der Waals surface area contributed by atoms with Crippen LogP contribution < -0.4 is 14.8 Å². The summed E-state index contributed by atoms with van der Waals surface area (Å²) < 4.78 is 16.7. The summed E-state index contributed by atoms with van der Waals surface area (Å²) in [5, 5.41) is 3.19. The van der Waals surface area contributed by atoms with E-state index in [0.29, 0.717) is 28.9 Å². The van der Waals surface area contributed by atoms with Crippen LogP contribution in [0.5, 0.6) is 11.5 Å². The molecule has 1 saturated heterocycles. The zero-order chi connectivity index (χ0) is 19.1. The Morgan fingerprint density at radius 1 is 1.18 bits per heavy atom. The highest BCUT2D eigenvalue weighted by Gasteiger charge is 2.25. The molecule has 1 fully saturated rings. The summed E-state index contributed by atoms with van der Waals surface area (Å²) in [6.45, 7) is 2.87. The third-order valence-electron chi connectivity index (χ3n) is 5.02. The van der Waals surface area contributed by atoms with Crippen LogP contribution in [0.3, 0.4) is 0 Å². The Labute approximate surface area is 172 Å². The first-order valence-corrected chi connectivity index (χ1v) is 9.49. The average molecular weight is 409 g/mol. The molecule has 0 atom stereocenters. The van der Waals surface area contributed by atoms with Crippen molar-refractivity contribution in [3.05, 3.63) is 47.9 Å². The van der Waals surface area contributed by atoms with E-state index >= 15 is 0 Å². The second-order valence-electron chi connectivity index (χ2n) is 6.83. The minimum atomic E-state index is -0.0365. The van der Waals surface area contributed by atoms with Crippen molar-refractivity contribution in [2.75, 3.05) is 33.8 Å². The standard InChI is InChI=1S/C21H28N2O4.ClH/c1-22-12-9-16-10-13-23(14-11-16)21(24)20-8-7-17(27-20)15-26-19-6-4-3-5-18(19)25-2;/h3-8,16,22H,9-15H2,1-2H3;1H. The topological polar surface area (TPSA) is 63.9 Å². The Morgan fingerprint density at radius 3 is 2.57 bits per heavy atom. The van der Waals surface area contributed by atoms with E-state index in [2.05, 4.69) is 5.32 Å². The molecule has 2 aromatic rings. The lowest BCUT2D eigenvalue weighted by Gasteiger charge is -2.31. The van der Waals surface area contributed by atoms with E-state index in [9.17, 15) is 4.79 Å². The van der Waals surface area contributed by atoms with Gasteiger partial charge in [0.15, 0.2) is 17.3 Å². The molecule has 1 aliphatic rings. The third-order valence-corrected chi connectivity index (χ3v) is 5.02. The van der Waals surface area contributed by atoms with Crippen molar-refractivity contribution >= 4 is 18.3 Å². The van der Waals surface area contributed by atoms with Gasteiger partial charge in [-0.1, -0.05) is 12.1 Å². The first kappa shape index (κ1) is 22.1. The van der Waals surface area contributed by atoms with Crippen LogP contribution in [0.25, 0.3) is 0 Å². The van der Waals surface area contributed by atoms with Gasteiger partial charge in [0, 0.05) is 13.1 Å². The Hall–Kier alpha value is -2.18. The Kier molecular flexibility index (Phi) is 8.67. The number of furan rings is 1. The molecule has 0 saturated carbocycles. The molecular weight excluding hydrogens is 380 g/mol. The van der Waals surface area contributed by atoms with Gasteiger partial charge in [-0.25, -0.2) is 0 Å². The van der Waals surface area contributed by atoms with E-state index in [4.69, 9.17) is 13.9 Å². The predicted molar refractivity (Wildman–Crippen MR) is 110 cm³/mol. The molecule has 1 aromatic carbocycles. The van der Waals surface area contributed by atoms with Crippen molar-refractivity contribution in [1.82, 2.24) is 10.2 Å². The summed E-state index contributed by atoms with van der Waals surface area (Å²) >= 11 is 0. The van der Waals surface area contributed by atoms with Crippen molar-refractivity contribution in [1.29, 1.82) is 0 Å². The summed E-state index contributed by atoms with van der Waals surface area (Å²) in [6, 6.07) is 11.0. The monoisotopic (exact) mass is 408 g/mol. The lowest BCUT2D eigenvalue weighted by molar-refractivity contribution is 0.0651. The van der Waals surface area contributed by atoms with Crippen LogP contribution >= 0.6 is 12.4 Å². The van der Waals surface area contributed by atoms with Crippen LogP contribution in [0.15, 0.2) is 40.8 Å². The normalized spacial score (nSPS) is 14.4. The van der Waals surface area contributed by atoms with Crippen LogP contribution in [0.1, 0.15) is 35.6 Å². The molecular formula is C21H29ClN2O4. The number of nitrogens with zero attached hydrogens (tertiary/aromatic N) is 1. The molecule has 0 aliphatic carbocycles. The fourth-order valence-corrected chi connectivity index (χ4v) is 3.39. The lowest BCUT2D eigenvalue weighted by Crippen LogP contribution is -2.38. The molecule has 1 aromatic heterocycles. The molecule has 154 valence electrons. The van der Waals surface area contributed by atoms with Crippen LogP contribution in [0.4, 0.5) is 0 Å². The number of amides is 1. The minimum absolute atomic E-state index is 0. The zero-order valence-corrected chi connectivity index (χ0v) is 17.3. The Balaban J connectivity index is 0.00000280. The molecule has 0 unspecified atom stereocenters. The highest BCUT2D eigenvalue weighted by Crippen LogP contribution is 2.27. The number of likely N-dealkylation sites (tertiary alicyclic amines) is 1. The van der Waals surface area contributed by atoms with Gasteiger partial charge in [0.2, 0.25) is 0 Å². The van der Waals surface area contributed by atoms with Gasteiger partial charge in [0.05, 0.1) is 7.11 Å². The van der Waals surface area contributed by atoms with Gasteiger partial charge in [-0.15, -0.1) is 12.4 Å². The number of hydrogen-bond acceptors (Lipinski definition) is 5. The van der Waals surface area contributed by atoms with Crippen molar-refractivity contribution < 1.29 is 18.7 Å². The molecule has 28 heavy (non-hydrogen) atoms. The molecule has 1 amide bonds. The van der Waals surface area contributed by atoms with E-state index in [1.165, 1.54) is 6.42 Å². The molecule has 0 spiro atoms. The van der Waals surface area contributed by atoms with Crippen molar-refractivity contribution in [3.8, 4) is 11.5 Å². The number of para-hydroxylation sites is 2. The van der Waals surface area contributed by atoms with E-state index < -0.39 is 0 Å². The minimum Gasteiger partial charge on any atom is -0.493 e. The van der Waals surface area contributed by atoms with Gasteiger partial charge in [-0.05, 0) is 63.0 Å². The van der Waals surface area contributed by atoms with Gasteiger partial charge in [-0.3, -0.25) is 4.79 Å². The van der Waals surface area contributed by atoms with Gasteiger partial charge in [0.25, 0.3) is 5.91 Å². The number of ether oxygens (including phenoxy) is 2. The highest BCUT2D eigenvalue weighted by atomic mass is 35.5. The second kappa shape index (κ2) is 11.0. The number of halogens is 1. The van der Waals surface area contributed by atoms with Crippen LogP contribution in [0.2, 0.25) is 0 Å². The molecule has 2 heterocycles. The number of carbonyl (C=O) groups excluding carboxylic acids is 1. The lowest BCUT2D eigenvalue weighted by atomic mass is 9.93. The van der Waals surface area contributed by atoms with Crippen LogP contribution in [0, 0.1) is 5.92 Å². The van der Waals surface area contributed by atoms with Crippen LogP contribution in [-0.4, -0.2) is 44.6 Å². The fourth-order valence-electron chi connectivity index (χ4n) is 3.39. The molecule has 6 nitrogen and oxygen atoms in total. The molecule has 3 rings (SSSR count). The maximum absolute atomic E-state index is 12.7. The molecule has 0 radical (unpaired) electrons. The van der Waals surface area contributed by atoms with E-state index in [1.54, 1.807) is 19.2 Å². The van der Waals surface area contributed by atoms with E-state index in [-0.39, 0.29) is 24.9 Å². The SMILES string of the molecule is CNCCC1CCN(C(=O)c2ccc(COc3ccccc3OC)o2)CC1.Cl. The number of piperidine rings is 1. The molecule has 7 heteroatoms. The quantitative estimate of drug-likeness (QED) is 0.720. The van der Waals surface area contributed by atoms with Gasteiger partial charge < -0.3 is 24.1 Å². The zero-order valence-electron chi connectivity index (χ0n) is 16.5. The Bertz CT molecular complexity index is 742. The molecule has 1 N–H and O–H groups in total. The van der Waals surface area contributed by atoms with Gasteiger partial charge in [0.1, 0.15) is 12.4 Å². The average Bonchev–Trinajstić information content (AvgIpc) is 3.20. The number of nitrogens with one attached hydrogen (secondary N) is 1. The summed E-state index contributed by atoms with van der Waals surface area (Å²) in [7, 11) is 3.58. The van der Waals surface area contributed by atoms with Crippen LogP contribution in [-0.2, 0) is 6.61 Å². The molecule has 0 bridgehead atoms. The predicted octanol–water partition coefficient (Wildman–Crippen LogP) is 3.75. The van der Waals surface area contributed by atoms with E-state index in [0.717, 1.165) is 32.5 Å². The molecule has 1 aliphatic heterocycles. The largest absolute Gasteiger partial charge is 0.493 e. The number of rotatable bonds is 8. The maximum Gasteiger partial charge on any atom is 0.289 e. The first-order chi connectivity index (χ1) is 13.2. The summed E-state index contributed by atoms with van der Waals surface area (Å²) in [6.07, 6.45) is 3.28. The smallest absolute Gasteiger partial charge is 0.289 e. The van der Waals surface area contributed by atoms with Crippen molar-refractivity contribution in [2.45, 2.75) is 25.9 Å². The maximum atomic E-state index is 12.7. The third kappa shape index (κ3) is 5.66. The van der Waals surface area contributed by atoms with Gasteiger partial charge in [-0.2, -0.15) is 0 Å². The number of benzene rings is 1. The van der Waals surface area contributed by atoms with Gasteiger partial charge >= 0.3 is 0 Å².